The summed E-state index contributed by atoms with van der Waals surface area (Å²) in [6, 6.07) is 11.5. The Kier molecular flexibility index (Phi) is 5.75. The number of fused-ring (bicyclic) bond motifs is 1. The molecule has 1 atom stereocenters. The monoisotopic (exact) mass is 386 g/mol. The molecule has 2 aromatic carbocycles. The molecule has 0 saturated heterocycles. The zero-order valence-electron chi connectivity index (χ0n) is 15.8. The number of nitrogens with one attached hydrogen (secondary N) is 2. The Morgan fingerprint density at radius 1 is 1.19 bits per heavy atom. The molecule has 0 fully saturated rings. The van der Waals surface area contributed by atoms with Gasteiger partial charge in [-0.15, -0.1) is 11.8 Å². The molecule has 27 heavy (non-hydrogen) atoms. The SMILES string of the molecule is CSc1cccc(NC(=O)NC(c2oc3ccc(F)cc3c2C)C(C)C)c1. The Morgan fingerprint density at radius 3 is 2.67 bits per heavy atom. The van der Waals surface area contributed by atoms with Crippen molar-refractivity contribution in [1.82, 2.24) is 5.32 Å². The van der Waals surface area contributed by atoms with Crippen LogP contribution in [0.25, 0.3) is 11.0 Å². The van der Waals surface area contributed by atoms with Crippen molar-refractivity contribution in [3.63, 3.8) is 0 Å². The number of urea groups is 1. The number of aryl methyl sites for hydroxylation is 1. The van der Waals surface area contributed by atoms with Crippen LogP contribution in [0.4, 0.5) is 14.9 Å². The predicted molar refractivity (Wildman–Crippen MR) is 109 cm³/mol. The van der Waals surface area contributed by atoms with Crippen molar-refractivity contribution in [2.75, 3.05) is 11.6 Å². The summed E-state index contributed by atoms with van der Waals surface area (Å²) in [7, 11) is 0. The van der Waals surface area contributed by atoms with Gasteiger partial charge in [-0.1, -0.05) is 19.9 Å². The number of hydrogen-bond acceptors (Lipinski definition) is 3. The Labute approximate surface area is 162 Å². The summed E-state index contributed by atoms with van der Waals surface area (Å²) >= 11 is 1.61. The van der Waals surface area contributed by atoms with Gasteiger partial charge < -0.3 is 15.1 Å². The summed E-state index contributed by atoms with van der Waals surface area (Å²) in [6.07, 6.45) is 1.99. The van der Waals surface area contributed by atoms with E-state index in [9.17, 15) is 9.18 Å². The van der Waals surface area contributed by atoms with Crippen LogP contribution >= 0.6 is 11.8 Å². The number of carbonyl (C=O) groups is 1. The molecule has 0 saturated carbocycles. The Balaban J connectivity index is 1.83. The van der Waals surface area contributed by atoms with Crippen molar-refractivity contribution in [2.45, 2.75) is 31.7 Å². The van der Waals surface area contributed by atoms with Crippen molar-refractivity contribution < 1.29 is 13.6 Å². The van der Waals surface area contributed by atoms with Crippen LogP contribution in [0.15, 0.2) is 51.8 Å². The van der Waals surface area contributed by atoms with Gasteiger partial charge in [-0.25, -0.2) is 9.18 Å². The van der Waals surface area contributed by atoms with Crippen LogP contribution in [-0.4, -0.2) is 12.3 Å². The fourth-order valence-electron chi connectivity index (χ4n) is 3.05. The zero-order chi connectivity index (χ0) is 19.6. The molecule has 0 aliphatic heterocycles. The lowest BCUT2D eigenvalue weighted by atomic mass is 9.98. The van der Waals surface area contributed by atoms with Crippen LogP contribution < -0.4 is 10.6 Å². The molecule has 2 N–H and O–H groups in total. The van der Waals surface area contributed by atoms with Crippen LogP contribution in [0.2, 0.25) is 0 Å². The van der Waals surface area contributed by atoms with Crippen LogP contribution in [0.3, 0.4) is 0 Å². The van der Waals surface area contributed by atoms with Gasteiger partial charge in [0.25, 0.3) is 0 Å². The first-order chi connectivity index (χ1) is 12.9. The average molecular weight is 386 g/mol. The Hall–Kier alpha value is -2.47. The fourth-order valence-corrected chi connectivity index (χ4v) is 3.51. The number of halogens is 1. The molecular weight excluding hydrogens is 363 g/mol. The Bertz CT molecular complexity index is 968. The van der Waals surface area contributed by atoms with E-state index in [0.717, 1.165) is 21.5 Å². The maximum Gasteiger partial charge on any atom is 0.319 e. The third kappa shape index (κ3) is 4.27. The van der Waals surface area contributed by atoms with Gasteiger partial charge >= 0.3 is 6.03 Å². The number of amides is 2. The van der Waals surface area contributed by atoms with Crippen LogP contribution in [0, 0.1) is 18.7 Å². The van der Waals surface area contributed by atoms with E-state index in [1.807, 2.05) is 51.3 Å². The highest BCUT2D eigenvalue weighted by molar-refractivity contribution is 7.98. The number of thioether (sulfide) groups is 1. The molecule has 1 unspecified atom stereocenters. The minimum absolute atomic E-state index is 0.0948. The molecule has 0 bridgehead atoms. The maximum absolute atomic E-state index is 13.6. The van der Waals surface area contributed by atoms with E-state index in [1.54, 1.807) is 17.8 Å². The molecule has 4 nitrogen and oxygen atoms in total. The van der Waals surface area contributed by atoms with E-state index in [2.05, 4.69) is 10.6 Å². The second-order valence-electron chi connectivity index (χ2n) is 6.78. The average Bonchev–Trinajstić information content (AvgIpc) is 2.95. The number of carbonyl (C=O) groups excluding carboxylic acids is 1. The summed E-state index contributed by atoms with van der Waals surface area (Å²) in [4.78, 5) is 13.6. The van der Waals surface area contributed by atoms with Gasteiger partial charge in [0.15, 0.2) is 0 Å². The lowest BCUT2D eigenvalue weighted by molar-refractivity contribution is 0.241. The van der Waals surface area contributed by atoms with Gasteiger partial charge in [0.1, 0.15) is 17.2 Å². The topological polar surface area (TPSA) is 54.3 Å². The number of anilines is 1. The van der Waals surface area contributed by atoms with Crippen molar-refractivity contribution in [1.29, 1.82) is 0 Å². The minimum atomic E-state index is -0.329. The fraction of sp³-hybridized carbons (Fsp3) is 0.286. The summed E-state index contributed by atoms with van der Waals surface area (Å²) in [5, 5.41) is 6.59. The lowest BCUT2D eigenvalue weighted by Gasteiger charge is -2.21. The predicted octanol–water partition coefficient (Wildman–Crippen LogP) is 6.12. The van der Waals surface area contributed by atoms with E-state index in [0.29, 0.717) is 11.3 Å². The van der Waals surface area contributed by atoms with Crippen molar-refractivity contribution in [3.05, 3.63) is 59.6 Å². The van der Waals surface area contributed by atoms with Crippen LogP contribution in [-0.2, 0) is 0 Å². The van der Waals surface area contributed by atoms with Crippen molar-refractivity contribution >= 4 is 34.4 Å². The summed E-state index contributed by atoms with van der Waals surface area (Å²) in [5.41, 5.74) is 2.18. The number of hydrogen-bond donors (Lipinski definition) is 2. The number of benzene rings is 2. The quantitative estimate of drug-likeness (QED) is 0.519. The number of rotatable bonds is 5. The second-order valence-corrected chi connectivity index (χ2v) is 7.66. The normalized spacial score (nSPS) is 12.4. The van der Waals surface area contributed by atoms with E-state index < -0.39 is 0 Å². The molecule has 1 aromatic heterocycles. The molecular formula is C21H23FN2O2S. The van der Waals surface area contributed by atoms with E-state index in [-0.39, 0.29) is 23.8 Å². The molecule has 1 heterocycles. The largest absolute Gasteiger partial charge is 0.459 e. The molecule has 3 rings (SSSR count). The zero-order valence-corrected chi connectivity index (χ0v) is 16.6. The van der Waals surface area contributed by atoms with E-state index >= 15 is 0 Å². The van der Waals surface area contributed by atoms with Gasteiger partial charge in [0, 0.05) is 21.5 Å². The summed E-state index contributed by atoms with van der Waals surface area (Å²) in [5.74, 6) is 0.439. The molecule has 0 aliphatic rings. The molecule has 0 aliphatic carbocycles. The molecule has 0 spiro atoms. The van der Waals surface area contributed by atoms with Crippen LogP contribution in [0.1, 0.15) is 31.2 Å². The van der Waals surface area contributed by atoms with E-state index in [4.69, 9.17) is 4.42 Å². The van der Waals surface area contributed by atoms with Crippen molar-refractivity contribution in [2.24, 2.45) is 5.92 Å². The van der Waals surface area contributed by atoms with Gasteiger partial charge in [0.2, 0.25) is 0 Å². The molecule has 6 heteroatoms. The van der Waals surface area contributed by atoms with Gasteiger partial charge in [-0.3, -0.25) is 0 Å². The Morgan fingerprint density at radius 2 is 1.96 bits per heavy atom. The highest BCUT2D eigenvalue weighted by atomic mass is 32.2. The lowest BCUT2D eigenvalue weighted by Crippen LogP contribution is -2.35. The summed E-state index contributed by atoms with van der Waals surface area (Å²) in [6.45, 7) is 5.90. The highest BCUT2D eigenvalue weighted by Crippen LogP contribution is 2.33. The minimum Gasteiger partial charge on any atom is -0.459 e. The molecule has 3 aromatic rings. The number of furan rings is 1. The molecule has 142 valence electrons. The first-order valence-electron chi connectivity index (χ1n) is 8.79. The smallest absolute Gasteiger partial charge is 0.319 e. The molecule has 2 amide bonds. The summed E-state index contributed by atoms with van der Waals surface area (Å²) < 4.78 is 19.5. The second kappa shape index (κ2) is 8.05. The molecule has 0 radical (unpaired) electrons. The third-order valence-corrected chi connectivity index (χ3v) is 5.22. The first-order valence-corrected chi connectivity index (χ1v) is 10.0. The van der Waals surface area contributed by atoms with E-state index in [1.165, 1.54) is 12.1 Å². The third-order valence-electron chi connectivity index (χ3n) is 4.50. The maximum atomic E-state index is 13.6. The standard InChI is InChI=1S/C21H23FN2O2S/c1-12(2)19(20-13(3)17-10-14(22)8-9-18(17)26-20)24-21(25)23-15-6-5-7-16(11-15)27-4/h5-12,19H,1-4H3,(H2,23,24,25). The van der Waals surface area contributed by atoms with Gasteiger partial charge in [-0.05, 0) is 55.5 Å². The first kappa shape index (κ1) is 19.3. The van der Waals surface area contributed by atoms with Crippen LogP contribution in [0.5, 0.6) is 0 Å². The highest BCUT2D eigenvalue weighted by Gasteiger charge is 2.25. The van der Waals surface area contributed by atoms with Crippen molar-refractivity contribution in [3.8, 4) is 0 Å². The van der Waals surface area contributed by atoms with Gasteiger partial charge in [0.05, 0.1) is 6.04 Å². The van der Waals surface area contributed by atoms with Gasteiger partial charge in [-0.2, -0.15) is 0 Å².